The molecule has 1 aromatic heterocycles. The Bertz CT molecular complexity index is 1430. The van der Waals surface area contributed by atoms with Gasteiger partial charge in [0, 0.05) is 23.8 Å². The minimum absolute atomic E-state index is 0.0404. The van der Waals surface area contributed by atoms with Crippen LogP contribution in [0.5, 0.6) is 0 Å². The second-order valence-corrected chi connectivity index (χ2v) is 11.6. The first kappa shape index (κ1) is 26.1. The Kier molecular flexibility index (Phi) is 7.68. The second-order valence-electron chi connectivity index (χ2n) is 9.31. The highest BCUT2D eigenvalue weighted by atomic mass is 35.5. The number of hydrogen-bond donors (Lipinski definition) is 1. The van der Waals surface area contributed by atoms with Crippen molar-refractivity contribution in [1.82, 2.24) is 9.46 Å². The maximum absolute atomic E-state index is 13.7. The molecule has 4 rings (SSSR count). The summed E-state index contributed by atoms with van der Waals surface area (Å²) in [5, 5.41) is 7.45. The lowest BCUT2D eigenvalue weighted by atomic mass is 9.98. The van der Waals surface area contributed by atoms with Crippen LogP contribution in [0.1, 0.15) is 46.5 Å². The number of nitrogens with one attached hydrogen (secondary N) is 1. The maximum Gasteiger partial charge on any atom is 0.248 e. The predicted octanol–water partition coefficient (Wildman–Crippen LogP) is 5.77. The van der Waals surface area contributed by atoms with Crippen molar-refractivity contribution in [2.45, 2.75) is 45.4 Å². The van der Waals surface area contributed by atoms with Gasteiger partial charge in [0.15, 0.2) is 10.7 Å². The number of aryl methyl sites for hydroxylation is 4. The second kappa shape index (κ2) is 10.6. The van der Waals surface area contributed by atoms with Crippen LogP contribution >= 0.6 is 11.6 Å². The summed E-state index contributed by atoms with van der Waals surface area (Å²) >= 11 is 6.01. The van der Waals surface area contributed by atoms with Crippen LogP contribution in [0, 0.1) is 33.6 Å². The molecule has 1 N–H and O–H groups in total. The van der Waals surface area contributed by atoms with Crippen LogP contribution in [-0.4, -0.2) is 36.9 Å². The molecule has 0 spiro atoms. The number of amides is 1. The molecule has 2 heterocycles. The number of carbonyl (C=O) groups is 1. The van der Waals surface area contributed by atoms with Gasteiger partial charge in [-0.3, -0.25) is 4.79 Å². The lowest BCUT2D eigenvalue weighted by molar-refractivity contribution is -0.120. The molecule has 7 nitrogen and oxygen atoms in total. The lowest BCUT2D eigenvalue weighted by Gasteiger charge is -2.31. The Morgan fingerprint density at radius 2 is 1.89 bits per heavy atom. The third-order valence-corrected chi connectivity index (χ3v) is 8.74. The summed E-state index contributed by atoms with van der Waals surface area (Å²) in [6, 6.07) is 11.3. The van der Waals surface area contributed by atoms with Gasteiger partial charge in [0.1, 0.15) is 5.69 Å². The number of piperidine rings is 1. The van der Waals surface area contributed by atoms with E-state index < -0.39 is 15.9 Å². The predicted molar refractivity (Wildman–Crippen MR) is 142 cm³/mol. The van der Waals surface area contributed by atoms with Crippen LogP contribution in [0.2, 0.25) is 5.02 Å². The number of halogens is 1. The Morgan fingerprint density at radius 1 is 1.11 bits per heavy atom. The van der Waals surface area contributed by atoms with Gasteiger partial charge in [-0.2, -0.15) is 4.31 Å². The number of sulfonamides is 1. The quantitative estimate of drug-likeness (QED) is 0.439. The molecule has 1 atom stereocenters. The van der Waals surface area contributed by atoms with E-state index in [1.165, 1.54) is 4.31 Å². The van der Waals surface area contributed by atoms with Gasteiger partial charge in [-0.15, -0.1) is 0 Å². The first-order valence-electron chi connectivity index (χ1n) is 11.8. The monoisotopic (exact) mass is 527 g/mol. The highest BCUT2D eigenvalue weighted by Gasteiger charge is 2.37. The minimum Gasteiger partial charge on any atom is -0.355 e. The molecule has 0 bridgehead atoms. The number of benzene rings is 2. The number of hydrogen-bond acceptors (Lipinski definition) is 5. The first-order chi connectivity index (χ1) is 17.1. The molecule has 3 aromatic rings. The van der Waals surface area contributed by atoms with Crippen molar-refractivity contribution in [3.05, 3.63) is 75.1 Å². The van der Waals surface area contributed by atoms with E-state index in [2.05, 4.69) is 10.5 Å². The van der Waals surface area contributed by atoms with E-state index in [-0.39, 0.29) is 23.1 Å². The van der Waals surface area contributed by atoms with Gasteiger partial charge in [-0.1, -0.05) is 46.6 Å². The molecular weight excluding hydrogens is 498 g/mol. The standard InChI is InChI=1S/C27H30ClN3O4S/c1-17-7-8-18(2)21(14-17)9-12-25-26(20(4)30-35-25)36(33,34)31-13-5-6-22(16-31)27(32)29-24-11-10-23(28)15-19(24)3/h7-12,14-15,22H,5-6,13,16H2,1-4H3,(H,29,32)/b12-9+/t22-/m1/s1. The van der Waals surface area contributed by atoms with Crippen molar-refractivity contribution >= 4 is 45.4 Å². The highest BCUT2D eigenvalue weighted by molar-refractivity contribution is 7.89. The van der Waals surface area contributed by atoms with Gasteiger partial charge in [-0.25, -0.2) is 8.42 Å². The van der Waals surface area contributed by atoms with Crippen LogP contribution < -0.4 is 5.32 Å². The molecule has 1 amide bonds. The third-order valence-electron chi connectivity index (χ3n) is 6.48. The minimum atomic E-state index is -3.93. The van der Waals surface area contributed by atoms with E-state index in [0.29, 0.717) is 35.8 Å². The van der Waals surface area contributed by atoms with Gasteiger partial charge in [0.05, 0.1) is 5.92 Å². The zero-order chi connectivity index (χ0) is 26.0. The molecule has 0 radical (unpaired) electrons. The number of rotatable bonds is 6. The molecule has 0 unspecified atom stereocenters. The topological polar surface area (TPSA) is 92.5 Å². The van der Waals surface area contributed by atoms with Crippen molar-refractivity contribution < 1.29 is 17.7 Å². The molecule has 36 heavy (non-hydrogen) atoms. The molecule has 0 saturated carbocycles. The normalized spacial score (nSPS) is 17.0. The summed E-state index contributed by atoms with van der Waals surface area (Å²) in [7, 11) is -3.93. The number of aromatic nitrogens is 1. The Balaban J connectivity index is 1.55. The van der Waals surface area contributed by atoms with Crippen molar-refractivity contribution in [3.8, 4) is 0 Å². The molecular formula is C27H30ClN3O4S. The molecule has 1 fully saturated rings. The van der Waals surface area contributed by atoms with E-state index >= 15 is 0 Å². The van der Waals surface area contributed by atoms with Gasteiger partial charge >= 0.3 is 0 Å². The largest absolute Gasteiger partial charge is 0.355 e. The van der Waals surface area contributed by atoms with E-state index in [4.69, 9.17) is 16.1 Å². The number of nitrogens with zero attached hydrogens (tertiary/aromatic N) is 2. The fourth-order valence-corrected chi connectivity index (χ4v) is 6.41. The molecule has 190 valence electrons. The number of carbonyl (C=O) groups excluding carboxylic acids is 1. The van der Waals surface area contributed by atoms with Crippen LogP contribution in [0.4, 0.5) is 5.69 Å². The summed E-state index contributed by atoms with van der Waals surface area (Å²) in [6.45, 7) is 7.89. The molecule has 1 aliphatic heterocycles. The Labute approximate surface area is 217 Å². The van der Waals surface area contributed by atoms with E-state index in [1.54, 1.807) is 31.2 Å². The van der Waals surface area contributed by atoms with Gasteiger partial charge in [0.25, 0.3) is 0 Å². The molecule has 9 heteroatoms. The van der Waals surface area contributed by atoms with E-state index in [1.807, 2.05) is 45.0 Å². The molecule has 1 saturated heterocycles. The average Bonchev–Trinajstić information content (AvgIpc) is 3.22. The summed E-state index contributed by atoms with van der Waals surface area (Å²) < 4.78 is 34.1. The Hall–Kier alpha value is -2.94. The smallest absolute Gasteiger partial charge is 0.248 e. The average molecular weight is 528 g/mol. The van der Waals surface area contributed by atoms with Crippen molar-refractivity contribution in [1.29, 1.82) is 0 Å². The van der Waals surface area contributed by atoms with E-state index in [0.717, 1.165) is 22.3 Å². The van der Waals surface area contributed by atoms with Crippen LogP contribution in [0.25, 0.3) is 12.2 Å². The third kappa shape index (κ3) is 5.56. The fraction of sp³-hybridized carbons (Fsp3) is 0.333. The molecule has 1 aliphatic rings. The highest BCUT2D eigenvalue weighted by Crippen LogP contribution is 2.30. The van der Waals surface area contributed by atoms with Crippen LogP contribution in [0.15, 0.2) is 45.8 Å². The van der Waals surface area contributed by atoms with Gasteiger partial charge in [0.2, 0.25) is 15.9 Å². The molecule has 2 aromatic carbocycles. The fourth-order valence-electron chi connectivity index (χ4n) is 4.41. The Morgan fingerprint density at radius 3 is 2.64 bits per heavy atom. The van der Waals surface area contributed by atoms with Crippen molar-refractivity contribution in [2.75, 3.05) is 18.4 Å². The zero-order valence-electron chi connectivity index (χ0n) is 20.8. The lowest BCUT2D eigenvalue weighted by Crippen LogP contribution is -2.44. The van der Waals surface area contributed by atoms with Crippen molar-refractivity contribution in [2.24, 2.45) is 5.92 Å². The van der Waals surface area contributed by atoms with E-state index in [9.17, 15) is 13.2 Å². The van der Waals surface area contributed by atoms with Gasteiger partial charge in [-0.05, 0) is 81.5 Å². The van der Waals surface area contributed by atoms with Crippen LogP contribution in [-0.2, 0) is 14.8 Å². The van der Waals surface area contributed by atoms with Crippen molar-refractivity contribution in [3.63, 3.8) is 0 Å². The summed E-state index contributed by atoms with van der Waals surface area (Å²) in [5.74, 6) is -0.508. The van der Waals surface area contributed by atoms with Crippen LogP contribution in [0.3, 0.4) is 0 Å². The summed E-state index contributed by atoms with van der Waals surface area (Å²) in [5.41, 5.74) is 4.94. The summed E-state index contributed by atoms with van der Waals surface area (Å²) in [6.07, 6.45) is 4.66. The maximum atomic E-state index is 13.7. The first-order valence-corrected chi connectivity index (χ1v) is 13.7. The SMILES string of the molecule is Cc1ccc(C)c(/C=C/c2onc(C)c2S(=O)(=O)N2CCC[C@@H](C(=O)Nc3ccc(Cl)cc3C)C2)c1. The number of anilines is 1. The summed E-state index contributed by atoms with van der Waals surface area (Å²) in [4.78, 5) is 13.0. The zero-order valence-corrected chi connectivity index (χ0v) is 22.4. The van der Waals surface area contributed by atoms with Gasteiger partial charge < -0.3 is 9.84 Å². The molecule has 0 aliphatic carbocycles.